The van der Waals surface area contributed by atoms with Gasteiger partial charge in [-0.25, -0.2) is 0 Å². The number of carbonyl (C=O) groups excluding carboxylic acids is 8. The van der Waals surface area contributed by atoms with Crippen molar-refractivity contribution < 1.29 is 43.5 Å². The van der Waals surface area contributed by atoms with Crippen LogP contribution in [0, 0.1) is 5.92 Å². The van der Waals surface area contributed by atoms with Crippen LogP contribution < -0.4 is 71.6 Å². The number of carbonyl (C=O) groups is 8. The van der Waals surface area contributed by atoms with Crippen LogP contribution in [0.2, 0.25) is 0 Å². The maximum Gasteiger partial charge on any atom is 0.243 e. The van der Waals surface area contributed by atoms with E-state index in [-0.39, 0.29) is 81.6 Å². The third kappa shape index (κ3) is 23.7. The third-order valence-electron chi connectivity index (χ3n) is 10.4. The molecular formula is C45H71N15O9S. The Bertz CT molecular complexity index is 2090. The van der Waals surface area contributed by atoms with Gasteiger partial charge in [-0.2, -0.15) is 11.8 Å². The van der Waals surface area contributed by atoms with Gasteiger partial charge < -0.3 is 76.7 Å². The van der Waals surface area contributed by atoms with Crippen molar-refractivity contribution in [2.75, 3.05) is 38.2 Å². The molecular weight excluding hydrogens is 927 g/mol. The molecule has 2 aromatic rings. The summed E-state index contributed by atoms with van der Waals surface area (Å²) in [6.45, 7) is 2.49. The number of aliphatic imine (C=N–C) groups is 2. The zero-order chi connectivity index (χ0) is 52.2. The Morgan fingerprint density at radius 1 is 0.571 bits per heavy atom. The molecule has 6 atom stereocenters. The number of guanidine groups is 2. The van der Waals surface area contributed by atoms with Crippen LogP contribution in [0.1, 0.15) is 63.5 Å². The highest BCUT2D eigenvalue weighted by Crippen LogP contribution is 2.12. The molecule has 25 heteroatoms. The standard InChI is InChI=1S/C45H71N15O9S/c1-26(2)37(38(47)64)60-42(68)32(13-8-20-53-45(50)51)58-40(66)31(12-7-19-52-44(48)49)57-41(67)33(14-9-21-70-3)59-43(69)34(23-27-10-5-4-6-11-27)56-36(63)25-54-35(62)24-55-39(65)30(46)22-28-15-17-29(61)18-16-28/h4-6,10-11,15-18,26,30-34,37,61H,7-9,12-14,19-25,46H2,1-3H3,(H2,47,64)(H,54,62)(H,55,65)(H,56,63)(H,57,67)(H,58,66)(H,59,69)(H,60,68)(H4,48,49,52)(H4,50,51,53)/t30-,31-,32-,33-,34-,37-/m0/s1. The molecule has 0 radical (unpaired) electrons. The molecule has 0 bridgehead atoms. The van der Waals surface area contributed by atoms with Crippen LogP contribution in [0.5, 0.6) is 5.75 Å². The third-order valence-corrected chi connectivity index (χ3v) is 11.1. The number of hydrogen-bond acceptors (Lipinski definition) is 13. The van der Waals surface area contributed by atoms with E-state index < -0.39 is 96.6 Å². The Morgan fingerprint density at radius 2 is 1.04 bits per heavy atom. The number of amides is 8. The van der Waals surface area contributed by atoms with Crippen molar-refractivity contribution >= 4 is 70.9 Å². The first-order chi connectivity index (χ1) is 33.2. The largest absolute Gasteiger partial charge is 0.508 e. The highest BCUT2D eigenvalue weighted by molar-refractivity contribution is 7.98. The van der Waals surface area contributed by atoms with Crippen LogP contribution >= 0.6 is 11.8 Å². The molecule has 386 valence electrons. The second-order valence-electron chi connectivity index (χ2n) is 16.6. The minimum absolute atomic E-state index is 0.0175. The zero-order valence-corrected chi connectivity index (χ0v) is 40.7. The van der Waals surface area contributed by atoms with Gasteiger partial charge in [0.2, 0.25) is 47.3 Å². The summed E-state index contributed by atoms with van der Waals surface area (Å²) in [6, 6.07) is 7.79. The minimum Gasteiger partial charge on any atom is -0.508 e. The van der Waals surface area contributed by atoms with E-state index in [1.165, 1.54) is 23.9 Å². The molecule has 0 aromatic heterocycles. The first-order valence-corrected chi connectivity index (χ1v) is 24.1. The summed E-state index contributed by atoms with van der Waals surface area (Å²) in [6.07, 6.45) is 2.99. The summed E-state index contributed by atoms with van der Waals surface area (Å²) in [5, 5.41) is 27.6. The van der Waals surface area contributed by atoms with Gasteiger partial charge in [-0.1, -0.05) is 56.3 Å². The van der Waals surface area contributed by atoms with Crippen molar-refractivity contribution in [2.24, 2.45) is 50.3 Å². The lowest BCUT2D eigenvalue weighted by Crippen LogP contribution is -2.59. The fourth-order valence-corrected chi connectivity index (χ4v) is 7.16. The quantitative estimate of drug-likeness (QED) is 0.0193. The van der Waals surface area contributed by atoms with Gasteiger partial charge in [-0.15, -0.1) is 0 Å². The lowest BCUT2D eigenvalue weighted by Gasteiger charge is -2.27. The summed E-state index contributed by atoms with van der Waals surface area (Å²) in [5.74, 6) is -5.96. The number of rotatable bonds is 32. The van der Waals surface area contributed by atoms with Crippen molar-refractivity contribution in [3.05, 3.63) is 65.7 Å². The minimum atomic E-state index is -1.30. The van der Waals surface area contributed by atoms with Gasteiger partial charge in [0.25, 0.3) is 0 Å². The number of aromatic hydroxyl groups is 1. The number of nitrogens with one attached hydrogen (secondary N) is 7. The van der Waals surface area contributed by atoms with Crippen molar-refractivity contribution in [2.45, 2.75) is 101 Å². The van der Waals surface area contributed by atoms with Gasteiger partial charge in [-0.3, -0.25) is 48.3 Å². The Balaban J connectivity index is 2.30. The first kappa shape index (κ1) is 59.0. The molecule has 0 fully saturated rings. The number of nitrogens with two attached hydrogens (primary N) is 6. The average Bonchev–Trinajstić information content (AvgIpc) is 3.31. The summed E-state index contributed by atoms with van der Waals surface area (Å²) in [4.78, 5) is 115. The summed E-state index contributed by atoms with van der Waals surface area (Å²) in [5.41, 5.74) is 34.8. The monoisotopic (exact) mass is 998 g/mol. The molecule has 8 amide bonds. The molecule has 0 unspecified atom stereocenters. The van der Waals surface area contributed by atoms with Crippen molar-refractivity contribution in [3.63, 3.8) is 0 Å². The van der Waals surface area contributed by atoms with E-state index in [2.05, 4.69) is 47.2 Å². The molecule has 2 aromatic carbocycles. The van der Waals surface area contributed by atoms with Crippen molar-refractivity contribution in [3.8, 4) is 5.75 Å². The second kappa shape index (κ2) is 31.8. The summed E-state index contributed by atoms with van der Waals surface area (Å²) < 4.78 is 0. The number of thioether (sulfide) groups is 1. The van der Waals surface area contributed by atoms with Gasteiger partial charge in [0.05, 0.1) is 19.1 Å². The fourth-order valence-electron chi connectivity index (χ4n) is 6.71. The maximum atomic E-state index is 14.2. The van der Waals surface area contributed by atoms with Gasteiger partial charge in [0.15, 0.2) is 11.9 Å². The molecule has 2 rings (SSSR count). The fraction of sp³-hybridized carbons (Fsp3) is 0.511. The average molecular weight is 998 g/mol. The first-order valence-electron chi connectivity index (χ1n) is 22.7. The molecule has 70 heavy (non-hydrogen) atoms. The van der Waals surface area contributed by atoms with Crippen LogP contribution in [-0.2, 0) is 51.2 Å². The van der Waals surface area contributed by atoms with E-state index in [0.717, 1.165) is 0 Å². The van der Waals surface area contributed by atoms with E-state index in [9.17, 15) is 43.5 Å². The number of phenols is 1. The highest BCUT2D eigenvalue weighted by Gasteiger charge is 2.33. The molecule has 0 saturated carbocycles. The van der Waals surface area contributed by atoms with Crippen LogP contribution in [0.25, 0.3) is 0 Å². The van der Waals surface area contributed by atoms with Crippen LogP contribution in [0.4, 0.5) is 0 Å². The molecule has 20 N–H and O–H groups in total. The second-order valence-corrected chi connectivity index (χ2v) is 17.6. The number of primary amides is 1. The Kier molecular flexibility index (Phi) is 26.8. The number of hydrogen-bond donors (Lipinski definition) is 14. The SMILES string of the molecule is CSCCC[C@H](NC(=O)[C@H](Cc1ccccc1)NC(=O)CNC(=O)CNC(=O)[C@@H](N)Cc1ccc(O)cc1)C(=O)N[C@@H](CCCN=C(N)N)C(=O)N[C@@H](CCCN=C(N)N)C(=O)N[C@H](C(N)=O)C(C)C. The molecule has 0 heterocycles. The predicted octanol–water partition coefficient (Wildman–Crippen LogP) is -3.45. The normalized spacial score (nSPS) is 13.4. The molecule has 0 aliphatic carbocycles. The summed E-state index contributed by atoms with van der Waals surface area (Å²) in [7, 11) is 0. The number of nitrogens with zero attached hydrogens (tertiary/aromatic N) is 2. The predicted molar refractivity (Wildman–Crippen MR) is 267 cm³/mol. The van der Waals surface area contributed by atoms with E-state index in [1.54, 1.807) is 56.3 Å². The van der Waals surface area contributed by atoms with E-state index in [1.807, 2.05) is 6.26 Å². The number of benzene rings is 2. The van der Waals surface area contributed by atoms with E-state index in [0.29, 0.717) is 23.3 Å². The van der Waals surface area contributed by atoms with Crippen molar-refractivity contribution in [1.29, 1.82) is 0 Å². The Morgan fingerprint density at radius 3 is 1.53 bits per heavy atom. The van der Waals surface area contributed by atoms with E-state index in [4.69, 9.17) is 34.4 Å². The van der Waals surface area contributed by atoms with E-state index >= 15 is 0 Å². The highest BCUT2D eigenvalue weighted by atomic mass is 32.2. The molecule has 0 aliphatic heterocycles. The van der Waals surface area contributed by atoms with Gasteiger partial charge in [0, 0.05) is 19.5 Å². The van der Waals surface area contributed by atoms with Crippen LogP contribution in [0.15, 0.2) is 64.6 Å². The van der Waals surface area contributed by atoms with Gasteiger partial charge >= 0.3 is 0 Å². The molecule has 0 aliphatic rings. The molecule has 0 saturated heterocycles. The zero-order valence-electron chi connectivity index (χ0n) is 39.9. The van der Waals surface area contributed by atoms with Gasteiger partial charge in [-0.05, 0) is 86.1 Å². The summed E-state index contributed by atoms with van der Waals surface area (Å²) >= 11 is 1.51. The van der Waals surface area contributed by atoms with Crippen LogP contribution in [0.3, 0.4) is 0 Å². The molecule has 24 nitrogen and oxygen atoms in total. The topological polar surface area (TPSA) is 422 Å². The maximum absolute atomic E-state index is 14.2. The Labute approximate surface area is 411 Å². The lowest BCUT2D eigenvalue weighted by molar-refractivity contribution is -0.135. The van der Waals surface area contributed by atoms with Crippen LogP contribution in [-0.4, -0.2) is 139 Å². The lowest BCUT2D eigenvalue weighted by atomic mass is 10.0. The van der Waals surface area contributed by atoms with Crippen molar-refractivity contribution in [1.82, 2.24) is 37.2 Å². The molecule has 0 spiro atoms. The number of phenolic OH excluding ortho intramolecular Hbond substituents is 1. The Hall–Kier alpha value is -7.15. The van der Waals surface area contributed by atoms with Gasteiger partial charge in [0.1, 0.15) is 36.0 Å². The smallest absolute Gasteiger partial charge is 0.243 e.